The highest BCUT2D eigenvalue weighted by Gasteiger charge is 2.08. The van der Waals surface area contributed by atoms with Gasteiger partial charge in [0, 0.05) is 12.4 Å². The van der Waals surface area contributed by atoms with Crippen LogP contribution in [0.3, 0.4) is 0 Å². The van der Waals surface area contributed by atoms with Crippen LogP contribution in [0.1, 0.15) is 63.3 Å². The molecule has 126 valence electrons. The topological polar surface area (TPSA) is 77.8 Å². The number of hydrogen-bond acceptors (Lipinski definition) is 4. The summed E-state index contributed by atoms with van der Waals surface area (Å²) in [6.07, 6.45) is 4.49. The van der Waals surface area contributed by atoms with Gasteiger partial charge in [-0.15, -0.1) is 0 Å². The van der Waals surface area contributed by atoms with E-state index in [1.165, 1.54) is 5.56 Å². The van der Waals surface area contributed by atoms with Crippen molar-refractivity contribution >= 4 is 23.0 Å². The fraction of sp³-hybridized carbons (Fsp3) is 0.444. The second-order valence-electron chi connectivity index (χ2n) is 6.04. The van der Waals surface area contributed by atoms with Crippen LogP contribution in [0.25, 0.3) is 0 Å². The number of aromatic nitrogens is 2. The molecule has 23 heavy (non-hydrogen) atoms. The molecule has 0 saturated carbocycles. The zero-order valence-electron chi connectivity index (χ0n) is 14.6. The van der Waals surface area contributed by atoms with E-state index >= 15 is 0 Å². The van der Waals surface area contributed by atoms with Gasteiger partial charge in [0.1, 0.15) is 0 Å². The van der Waals surface area contributed by atoms with Gasteiger partial charge in [-0.2, -0.15) is 0 Å². The maximum atomic E-state index is 5.93. The molecule has 2 aromatic rings. The first kappa shape index (κ1) is 19.2. The third-order valence-corrected chi connectivity index (χ3v) is 3.94. The minimum Gasteiger partial charge on any atom is -0.397 e. The Bertz CT molecular complexity index is 639. The van der Waals surface area contributed by atoms with E-state index in [0.29, 0.717) is 22.7 Å². The third-order valence-electron chi connectivity index (χ3n) is 3.64. The molecule has 0 aliphatic heterocycles. The molecule has 0 unspecified atom stereocenters. The summed E-state index contributed by atoms with van der Waals surface area (Å²) >= 11 is 5.72. The molecule has 0 spiro atoms. The molecule has 0 fully saturated rings. The summed E-state index contributed by atoms with van der Waals surface area (Å²) in [5.41, 5.74) is 16.4. The summed E-state index contributed by atoms with van der Waals surface area (Å²) in [6.45, 7) is 10.5. The second-order valence-corrected chi connectivity index (χ2v) is 6.39. The molecule has 0 aromatic carbocycles. The van der Waals surface area contributed by atoms with Crippen molar-refractivity contribution in [2.75, 3.05) is 11.5 Å². The summed E-state index contributed by atoms with van der Waals surface area (Å²) < 4.78 is 0. The molecule has 4 N–H and O–H groups in total. The molecule has 0 aliphatic rings. The smallest absolute Gasteiger partial charge is 0.152 e. The predicted molar refractivity (Wildman–Crippen MR) is 99.9 cm³/mol. The SMILES string of the molecule is CC(C)c1ccnc(Cl)c1N.CCc1ccnc(C(C)C)c1N. The molecule has 0 atom stereocenters. The van der Waals surface area contributed by atoms with Crippen LogP contribution in [0.15, 0.2) is 24.5 Å². The maximum Gasteiger partial charge on any atom is 0.152 e. The van der Waals surface area contributed by atoms with Gasteiger partial charge in [0.15, 0.2) is 5.15 Å². The van der Waals surface area contributed by atoms with Crippen molar-refractivity contribution in [2.24, 2.45) is 0 Å². The van der Waals surface area contributed by atoms with E-state index in [4.69, 9.17) is 23.1 Å². The number of pyridine rings is 2. The Balaban J connectivity index is 0.000000231. The average molecular weight is 335 g/mol. The molecule has 0 radical (unpaired) electrons. The number of rotatable bonds is 3. The lowest BCUT2D eigenvalue weighted by Crippen LogP contribution is -2.03. The van der Waals surface area contributed by atoms with Crippen molar-refractivity contribution < 1.29 is 0 Å². The third kappa shape index (κ3) is 5.10. The van der Waals surface area contributed by atoms with E-state index in [1.807, 2.05) is 18.3 Å². The van der Waals surface area contributed by atoms with Gasteiger partial charge >= 0.3 is 0 Å². The van der Waals surface area contributed by atoms with Gasteiger partial charge in [0.05, 0.1) is 17.1 Å². The molecule has 0 bridgehead atoms. The Morgan fingerprint density at radius 2 is 1.57 bits per heavy atom. The van der Waals surface area contributed by atoms with Crippen LogP contribution in [0.5, 0.6) is 0 Å². The van der Waals surface area contributed by atoms with E-state index in [2.05, 4.69) is 44.6 Å². The highest BCUT2D eigenvalue weighted by Crippen LogP contribution is 2.26. The van der Waals surface area contributed by atoms with Gasteiger partial charge < -0.3 is 11.5 Å². The van der Waals surface area contributed by atoms with Gasteiger partial charge in [-0.05, 0) is 41.5 Å². The highest BCUT2D eigenvalue weighted by atomic mass is 35.5. The summed E-state index contributed by atoms with van der Waals surface area (Å²) in [6, 6.07) is 3.88. The number of nitrogen functional groups attached to an aromatic ring is 2. The number of aryl methyl sites for hydroxylation is 1. The minimum absolute atomic E-state index is 0.399. The fourth-order valence-electron chi connectivity index (χ4n) is 2.26. The normalized spacial score (nSPS) is 10.6. The van der Waals surface area contributed by atoms with Crippen LogP contribution in [0.4, 0.5) is 11.4 Å². The second kappa shape index (κ2) is 8.73. The predicted octanol–water partition coefficient (Wildman–Crippen LogP) is 4.79. The molecule has 0 saturated heterocycles. The van der Waals surface area contributed by atoms with E-state index in [1.54, 1.807) is 6.20 Å². The lowest BCUT2D eigenvalue weighted by Gasteiger charge is -2.10. The average Bonchev–Trinajstić information content (AvgIpc) is 2.50. The number of hydrogen-bond donors (Lipinski definition) is 2. The Labute approximate surface area is 144 Å². The van der Waals surface area contributed by atoms with E-state index in [-0.39, 0.29) is 0 Å². The van der Waals surface area contributed by atoms with Crippen LogP contribution < -0.4 is 11.5 Å². The van der Waals surface area contributed by atoms with Crippen LogP contribution in [0, 0.1) is 0 Å². The lowest BCUT2D eigenvalue weighted by atomic mass is 10.0. The Kier molecular flexibility index (Phi) is 7.30. The van der Waals surface area contributed by atoms with Crippen molar-refractivity contribution in [3.05, 3.63) is 46.5 Å². The van der Waals surface area contributed by atoms with Gasteiger partial charge in [0.25, 0.3) is 0 Å². The maximum absolute atomic E-state index is 5.93. The highest BCUT2D eigenvalue weighted by molar-refractivity contribution is 6.31. The van der Waals surface area contributed by atoms with Crippen LogP contribution >= 0.6 is 11.6 Å². The number of nitrogens with zero attached hydrogens (tertiary/aromatic N) is 2. The molecule has 2 aromatic heterocycles. The minimum atomic E-state index is 0.399. The van der Waals surface area contributed by atoms with Gasteiger partial charge in [-0.25, -0.2) is 4.98 Å². The van der Waals surface area contributed by atoms with Crippen molar-refractivity contribution in [3.63, 3.8) is 0 Å². The van der Waals surface area contributed by atoms with Crippen LogP contribution in [0.2, 0.25) is 5.15 Å². The van der Waals surface area contributed by atoms with Crippen LogP contribution in [-0.4, -0.2) is 9.97 Å². The summed E-state index contributed by atoms with van der Waals surface area (Å²) in [4.78, 5) is 8.12. The molecule has 2 heterocycles. The molecule has 4 nitrogen and oxygen atoms in total. The molecular formula is C18H27ClN4. The lowest BCUT2D eigenvalue weighted by molar-refractivity contribution is 0.822. The molecular weight excluding hydrogens is 308 g/mol. The largest absolute Gasteiger partial charge is 0.397 e. The quantitative estimate of drug-likeness (QED) is 0.791. The summed E-state index contributed by atoms with van der Waals surface area (Å²) in [5, 5.41) is 0.399. The van der Waals surface area contributed by atoms with E-state index < -0.39 is 0 Å². The number of nitrogens with two attached hydrogens (primary N) is 2. The molecule has 0 aliphatic carbocycles. The summed E-state index contributed by atoms with van der Waals surface area (Å²) in [7, 11) is 0. The monoisotopic (exact) mass is 334 g/mol. The first-order valence-electron chi connectivity index (χ1n) is 7.92. The first-order chi connectivity index (χ1) is 10.8. The van der Waals surface area contributed by atoms with E-state index in [0.717, 1.165) is 23.4 Å². The van der Waals surface area contributed by atoms with E-state index in [9.17, 15) is 0 Å². The standard InChI is InChI=1S/C10H16N2.C8H11ClN2/c1-4-8-5-6-12-10(7(2)3)9(8)11;1-5(2)6-3-4-11-8(9)7(6)10/h5-7H,4,11H2,1-3H3;3-5H,10H2,1-2H3. The number of halogens is 1. The summed E-state index contributed by atoms with van der Waals surface area (Å²) in [5.74, 6) is 0.812. The zero-order chi connectivity index (χ0) is 17.6. The van der Waals surface area contributed by atoms with Gasteiger partial charge in [0.2, 0.25) is 0 Å². The van der Waals surface area contributed by atoms with Crippen molar-refractivity contribution in [1.29, 1.82) is 0 Å². The zero-order valence-corrected chi connectivity index (χ0v) is 15.4. The molecule has 2 rings (SSSR count). The Morgan fingerprint density at radius 3 is 2.04 bits per heavy atom. The van der Waals surface area contributed by atoms with Crippen molar-refractivity contribution in [1.82, 2.24) is 9.97 Å². The van der Waals surface area contributed by atoms with Crippen molar-refractivity contribution in [2.45, 2.75) is 52.9 Å². The van der Waals surface area contributed by atoms with Crippen LogP contribution in [-0.2, 0) is 6.42 Å². The Morgan fingerprint density at radius 1 is 0.957 bits per heavy atom. The molecule has 5 heteroatoms. The van der Waals surface area contributed by atoms with Gasteiger partial charge in [-0.1, -0.05) is 46.2 Å². The first-order valence-corrected chi connectivity index (χ1v) is 8.30. The van der Waals surface area contributed by atoms with Crippen molar-refractivity contribution in [3.8, 4) is 0 Å². The Hall–Kier alpha value is -1.81. The molecule has 0 amide bonds. The fourth-order valence-corrected chi connectivity index (χ4v) is 2.43. The number of anilines is 2. The van der Waals surface area contributed by atoms with Gasteiger partial charge in [-0.3, -0.25) is 4.98 Å².